The van der Waals surface area contributed by atoms with Crippen molar-refractivity contribution in [3.05, 3.63) is 47.8 Å². The van der Waals surface area contributed by atoms with Gasteiger partial charge in [-0.3, -0.25) is 14.6 Å². The quantitative estimate of drug-likeness (QED) is 0.753. The zero-order chi connectivity index (χ0) is 20.1. The minimum atomic E-state index is -0.569. The van der Waals surface area contributed by atoms with Crippen LogP contribution in [-0.4, -0.2) is 39.2 Å². The van der Waals surface area contributed by atoms with Gasteiger partial charge in [0.2, 0.25) is 11.9 Å². The number of amides is 3. The Balaban J connectivity index is 1.52. The Morgan fingerprint density at radius 1 is 1.10 bits per heavy atom. The molecule has 0 spiro atoms. The van der Waals surface area contributed by atoms with E-state index in [0.29, 0.717) is 11.9 Å². The molecule has 5 rings (SSSR count). The van der Waals surface area contributed by atoms with Crippen molar-refractivity contribution in [3.63, 3.8) is 0 Å². The first-order valence-electron chi connectivity index (χ1n) is 10.4. The summed E-state index contributed by atoms with van der Waals surface area (Å²) in [6, 6.07) is 9.15. The molecule has 3 aliphatic rings. The van der Waals surface area contributed by atoms with E-state index in [1.54, 1.807) is 7.05 Å². The number of benzene rings is 1. The highest BCUT2D eigenvalue weighted by Gasteiger charge is 2.53. The second-order valence-electron chi connectivity index (χ2n) is 8.26. The summed E-state index contributed by atoms with van der Waals surface area (Å²) in [6.07, 6.45) is 8.04. The monoisotopic (exact) mass is 392 g/mol. The van der Waals surface area contributed by atoms with Crippen molar-refractivity contribution in [1.29, 1.82) is 0 Å². The number of amidine groups is 1. The van der Waals surface area contributed by atoms with Crippen LogP contribution in [0.15, 0.2) is 41.5 Å². The van der Waals surface area contributed by atoms with Gasteiger partial charge in [0.15, 0.2) is 0 Å². The standard InChI is InChI=1S/C22H26N5O2/c1-15-13-25-18-19(23-21(25)27(15)17-11-7-4-8-12-17)24(2)22(29)26(20(18)28)14-16-9-5-3-6-10-16/h3,5-6,9-10,13,17-18H,4,7-8,11-12,14H2,1-2H3/q+1. The molecule has 1 aromatic heterocycles. The second kappa shape index (κ2) is 6.83. The number of aryl methyl sites for hydroxylation is 1. The first-order valence-corrected chi connectivity index (χ1v) is 10.4. The molecule has 1 atom stereocenters. The summed E-state index contributed by atoms with van der Waals surface area (Å²) >= 11 is 0. The van der Waals surface area contributed by atoms with Gasteiger partial charge in [0.05, 0.1) is 12.6 Å². The van der Waals surface area contributed by atoms with Crippen LogP contribution >= 0.6 is 0 Å². The predicted molar refractivity (Wildman–Crippen MR) is 108 cm³/mol. The maximum Gasteiger partial charge on any atom is 0.402 e. The largest absolute Gasteiger partial charge is 0.402 e. The van der Waals surface area contributed by atoms with Gasteiger partial charge >= 0.3 is 12.0 Å². The fourth-order valence-electron chi connectivity index (χ4n) is 4.90. The number of hydrogen-bond acceptors (Lipinski definition) is 3. The molecule has 7 heteroatoms. The number of aliphatic imine (C=N–C) groups is 1. The number of hydrogen-bond donors (Lipinski definition) is 0. The molecule has 0 bridgehead atoms. The van der Waals surface area contributed by atoms with E-state index >= 15 is 0 Å². The highest BCUT2D eigenvalue weighted by Crippen LogP contribution is 2.36. The number of imide groups is 1. The summed E-state index contributed by atoms with van der Waals surface area (Å²) in [5, 5.41) is 0. The van der Waals surface area contributed by atoms with E-state index in [4.69, 9.17) is 4.99 Å². The number of imidazole rings is 1. The van der Waals surface area contributed by atoms with Gasteiger partial charge in [-0.2, -0.15) is 0 Å². The third kappa shape index (κ3) is 2.79. The lowest BCUT2D eigenvalue weighted by Gasteiger charge is -2.33. The number of likely N-dealkylation sites (N-methyl/N-ethyl adjacent to an activating group) is 1. The molecule has 1 saturated carbocycles. The maximum atomic E-state index is 13.4. The lowest BCUT2D eigenvalue weighted by Crippen LogP contribution is -2.62. The normalized spacial score (nSPS) is 22.0. The van der Waals surface area contributed by atoms with Crippen LogP contribution in [0.5, 0.6) is 0 Å². The fraction of sp³-hybridized carbons (Fsp3) is 0.455. The lowest BCUT2D eigenvalue weighted by atomic mass is 9.95. The van der Waals surface area contributed by atoms with Crippen molar-refractivity contribution < 1.29 is 14.2 Å². The maximum absolute atomic E-state index is 13.4. The third-order valence-electron chi connectivity index (χ3n) is 6.37. The summed E-state index contributed by atoms with van der Waals surface area (Å²) in [5.74, 6) is 1.12. The average molecular weight is 392 g/mol. The van der Waals surface area contributed by atoms with Gasteiger partial charge in [-0.1, -0.05) is 41.7 Å². The van der Waals surface area contributed by atoms with Crippen molar-refractivity contribution in [3.8, 4) is 0 Å². The van der Waals surface area contributed by atoms with Crippen molar-refractivity contribution in [2.45, 2.75) is 57.7 Å². The number of rotatable bonds is 3. The molecule has 1 unspecified atom stereocenters. The van der Waals surface area contributed by atoms with Crippen LogP contribution in [0.4, 0.5) is 10.7 Å². The van der Waals surface area contributed by atoms with Gasteiger partial charge in [-0.05, 0) is 38.2 Å². The first-order chi connectivity index (χ1) is 14.1. The number of fused-ring (bicyclic) bond motifs is 3. The predicted octanol–water partition coefficient (Wildman–Crippen LogP) is 3.27. The van der Waals surface area contributed by atoms with Crippen LogP contribution in [-0.2, 0) is 11.3 Å². The molecule has 2 aromatic rings. The van der Waals surface area contributed by atoms with Crippen LogP contribution < -0.4 is 4.57 Å². The van der Waals surface area contributed by atoms with E-state index in [1.807, 2.05) is 41.1 Å². The highest BCUT2D eigenvalue weighted by molar-refractivity contribution is 6.19. The number of urea groups is 1. The number of aromatic nitrogens is 2. The molecule has 150 valence electrons. The first kappa shape index (κ1) is 18.1. The summed E-state index contributed by atoms with van der Waals surface area (Å²) in [6.45, 7) is 2.35. The topological polar surface area (TPSA) is 61.8 Å². The fourth-order valence-corrected chi connectivity index (χ4v) is 4.90. The summed E-state index contributed by atoms with van der Waals surface area (Å²) in [5.41, 5.74) is 2.05. The van der Waals surface area contributed by atoms with Crippen molar-refractivity contribution in [2.24, 2.45) is 4.99 Å². The van der Waals surface area contributed by atoms with E-state index in [2.05, 4.69) is 11.5 Å². The van der Waals surface area contributed by atoms with Crippen LogP contribution in [0.2, 0.25) is 0 Å². The lowest BCUT2D eigenvalue weighted by molar-refractivity contribution is -0.677. The molecule has 7 nitrogen and oxygen atoms in total. The molecule has 3 heterocycles. The molecule has 0 radical (unpaired) electrons. The Kier molecular flexibility index (Phi) is 4.26. The summed E-state index contributed by atoms with van der Waals surface area (Å²) < 4.78 is 4.24. The SMILES string of the molecule is Cc1c[n+]2c(n1C1CCCCC1)N=C1C2C(=O)N(Cc2ccccc2)C(=O)N1C. The molecule has 1 aliphatic carbocycles. The van der Waals surface area contributed by atoms with Crippen molar-refractivity contribution >= 4 is 23.7 Å². The van der Waals surface area contributed by atoms with E-state index < -0.39 is 6.04 Å². The summed E-state index contributed by atoms with van der Waals surface area (Å²) in [4.78, 5) is 34.0. The molecule has 0 N–H and O–H groups in total. The third-order valence-corrected chi connectivity index (χ3v) is 6.37. The van der Waals surface area contributed by atoms with Gasteiger partial charge in [0, 0.05) is 7.05 Å². The van der Waals surface area contributed by atoms with Crippen LogP contribution in [0.1, 0.15) is 55.4 Å². The van der Waals surface area contributed by atoms with Crippen molar-refractivity contribution in [2.75, 3.05) is 7.05 Å². The number of nitrogens with zero attached hydrogens (tertiary/aromatic N) is 5. The molecular formula is C22H26N5O2+. The second-order valence-corrected chi connectivity index (χ2v) is 8.26. The molecule has 2 aliphatic heterocycles. The summed E-state index contributed by atoms with van der Waals surface area (Å²) in [7, 11) is 1.71. The van der Waals surface area contributed by atoms with Crippen molar-refractivity contribution in [1.82, 2.24) is 14.4 Å². The Labute approximate surface area is 170 Å². The molecule has 3 amide bonds. The average Bonchev–Trinajstić information content (AvgIpc) is 3.25. The molecular weight excluding hydrogens is 366 g/mol. The van der Waals surface area contributed by atoms with Crippen LogP contribution in [0, 0.1) is 6.92 Å². The van der Waals surface area contributed by atoms with E-state index in [-0.39, 0.29) is 18.5 Å². The number of carbonyl (C=O) groups is 2. The minimum Gasteiger partial charge on any atom is -0.270 e. The molecule has 29 heavy (non-hydrogen) atoms. The van der Waals surface area contributed by atoms with Gasteiger partial charge in [-0.25, -0.2) is 13.9 Å². The zero-order valence-electron chi connectivity index (χ0n) is 16.9. The van der Waals surface area contributed by atoms with Gasteiger partial charge in [0.25, 0.3) is 5.91 Å². The smallest absolute Gasteiger partial charge is 0.270 e. The van der Waals surface area contributed by atoms with E-state index in [0.717, 1.165) is 30.0 Å². The van der Waals surface area contributed by atoms with Crippen LogP contribution in [0.25, 0.3) is 0 Å². The Hall–Kier alpha value is -2.96. The highest BCUT2D eigenvalue weighted by atomic mass is 16.2. The molecule has 1 aromatic carbocycles. The van der Waals surface area contributed by atoms with Gasteiger partial charge in [0.1, 0.15) is 11.9 Å². The molecule has 2 fully saturated rings. The van der Waals surface area contributed by atoms with Gasteiger partial charge < -0.3 is 0 Å². The molecule has 1 saturated heterocycles. The van der Waals surface area contributed by atoms with Gasteiger partial charge in [-0.15, -0.1) is 0 Å². The minimum absolute atomic E-state index is 0.208. The Morgan fingerprint density at radius 2 is 1.83 bits per heavy atom. The Morgan fingerprint density at radius 3 is 2.55 bits per heavy atom. The zero-order valence-corrected chi connectivity index (χ0v) is 16.9. The number of carbonyl (C=O) groups excluding carboxylic acids is 2. The van der Waals surface area contributed by atoms with E-state index in [9.17, 15) is 9.59 Å². The van der Waals surface area contributed by atoms with Crippen LogP contribution in [0.3, 0.4) is 0 Å². The van der Waals surface area contributed by atoms with E-state index in [1.165, 1.54) is 29.1 Å². The Bertz CT molecular complexity index is 1000.